The van der Waals surface area contributed by atoms with Crippen LogP contribution in [0.15, 0.2) is 44.9 Å². The number of aryl methyl sites for hydroxylation is 2. The lowest BCUT2D eigenvalue weighted by molar-refractivity contribution is -0.112. The van der Waals surface area contributed by atoms with E-state index in [0.29, 0.717) is 20.2 Å². The van der Waals surface area contributed by atoms with Crippen molar-refractivity contribution in [3.05, 3.63) is 61.5 Å². The number of halogens is 2. The van der Waals surface area contributed by atoms with Gasteiger partial charge in [-0.1, -0.05) is 6.07 Å². The van der Waals surface area contributed by atoms with Crippen LogP contribution < -0.4 is 5.32 Å². The molecule has 0 atom stereocenters. The monoisotopic (exact) mass is 448 g/mol. The fourth-order valence-electron chi connectivity index (χ4n) is 2.00. The van der Waals surface area contributed by atoms with Gasteiger partial charge >= 0.3 is 0 Å². The van der Waals surface area contributed by atoms with E-state index in [2.05, 4.69) is 37.2 Å². The second-order valence-corrected chi connectivity index (χ2v) is 6.96. The molecule has 0 saturated heterocycles. The number of carbonyl (C=O) groups excluding carboxylic acids is 1. The summed E-state index contributed by atoms with van der Waals surface area (Å²) in [5, 5.41) is 21.7. The summed E-state index contributed by atoms with van der Waals surface area (Å²) in [6.45, 7) is 3.94. The Labute approximate surface area is 157 Å². The Morgan fingerprint density at radius 2 is 1.79 bits per heavy atom. The van der Waals surface area contributed by atoms with Gasteiger partial charge in [0, 0.05) is 5.69 Å². The summed E-state index contributed by atoms with van der Waals surface area (Å²) < 4.78 is 0.935. The molecule has 0 heterocycles. The van der Waals surface area contributed by atoms with E-state index in [1.165, 1.54) is 6.08 Å². The van der Waals surface area contributed by atoms with Gasteiger partial charge in [0.15, 0.2) is 0 Å². The van der Waals surface area contributed by atoms with Gasteiger partial charge in [0.05, 0.1) is 8.95 Å². The second-order valence-electron chi connectivity index (χ2n) is 5.26. The third-order valence-electron chi connectivity index (χ3n) is 3.48. The number of nitrogens with one attached hydrogen (secondary N) is 1. The Hall–Kier alpha value is -2.10. The molecule has 0 bridgehead atoms. The molecule has 0 aromatic heterocycles. The number of phenols is 1. The summed E-state index contributed by atoms with van der Waals surface area (Å²) in [7, 11) is 0. The van der Waals surface area contributed by atoms with E-state index < -0.39 is 5.91 Å². The number of hydrogen-bond donors (Lipinski definition) is 2. The normalized spacial score (nSPS) is 11.0. The summed E-state index contributed by atoms with van der Waals surface area (Å²) >= 11 is 6.44. The number of anilines is 1. The Morgan fingerprint density at radius 3 is 2.33 bits per heavy atom. The zero-order valence-corrected chi connectivity index (χ0v) is 16.2. The molecule has 122 valence electrons. The van der Waals surface area contributed by atoms with E-state index in [9.17, 15) is 15.2 Å². The van der Waals surface area contributed by atoms with Gasteiger partial charge in [0.2, 0.25) is 0 Å². The van der Waals surface area contributed by atoms with E-state index in [-0.39, 0.29) is 11.3 Å². The van der Waals surface area contributed by atoms with Gasteiger partial charge in [0.1, 0.15) is 17.4 Å². The average Bonchev–Trinajstić information content (AvgIpc) is 2.53. The quantitative estimate of drug-likeness (QED) is 0.506. The summed E-state index contributed by atoms with van der Waals surface area (Å²) in [5.74, 6) is -0.425. The minimum atomic E-state index is -0.485. The maximum atomic E-state index is 12.3. The first-order valence-corrected chi connectivity index (χ1v) is 8.59. The van der Waals surface area contributed by atoms with Crippen LogP contribution in [-0.4, -0.2) is 11.0 Å². The third-order valence-corrected chi connectivity index (χ3v) is 4.69. The van der Waals surface area contributed by atoms with Gasteiger partial charge in [-0.2, -0.15) is 5.26 Å². The molecule has 1 amide bonds. The zero-order valence-electron chi connectivity index (χ0n) is 13.0. The lowest BCUT2D eigenvalue weighted by atomic mass is 10.1. The van der Waals surface area contributed by atoms with Gasteiger partial charge in [-0.3, -0.25) is 4.79 Å². The second kappa shape index (κ2) is 7.65. The number of nitriles is 1. The highest BCUT2D eigenvalue weighted by Crippen LogP contribution is 2.34. The molecule has 0 radical (unpaired) electrons. The molecule has 6 heteroatoms. The first kappa shape index (κ1) is 18.2. The van der Waals surface area contributed by atoms with E-state index in [1.54, 1.807) is 18.2 Å². The Bertz CT molecular complexity index is 860. The third kappa shape index (κ3) is 4.25. The minimum Gasteiger partial charge on any atom is -0.506 e. The highest BCUT2D eigenvalue weighted by Gasteiger charge is 2.11. The van der Waals surface area contributed by atoms with Crippen molar-refractivity contribution in [2.45, 2.75) is 13.8 Å². The van der Waals surface area contributed by atoms with Crippen LogP contribution in [0, 0.1) is 25.2 Å². The molecular weight excluding hydrogens is 436 g/mol. The van der Waals surface area contributed by atoms with Crippen LogP contribution in [0.4, 0.5) is 5.69 Å². The van der Waals surface area contributed by atoms with Crippen LogP contribution in [0.2, 0.25) is 0 Å². The van der Waals surface area contributed by atoms with Crippen molar-refractivity contribution in [1.29, 1.82) is 5.26 Å². The van der Waals surface area contributed by atoms with Gasteiger partial charge in [-0.25, -0.2) is 0 Å². The molecule has 0 unspecified atom stereocenters. The van der Waals surface area contributed by atoms with Gasteiger partial charge < -0.3 is 10.4 Å². The number of benzene rings is 2. The largest absolute Gasteiger partial charge is 0.506 e. The van der Waals surface area contributed by atoms with Crippen LogP contribution in [-0.2, 0) is 4.79 Å². The van der Waals surface area contributed by atoms with Gasteiger partial charge in [-0.05, 0) is 92.7 Å². The van der Waals surface area contributed by atoms with Crippen LogP contribution in [0.5, 0.6) is 5.75 Å². The fraction of sp³-hybridized carbons (Fsp3) is 0.111. The van der Waals surface area contributed by atoms with Crippen molar-refractivity contribution in [1.82, 2.24) is 0 Å². The average molecular weight is 450 g/mol. The maximum Gasteiger partial charge on any atom is 0.266 e. The molecule has 2 aromatic carbocycles. The molecule has 0 saturated carbocycles. The standard InChI is InChI=1S/C18H14Br2N2O2/c1-10-3-4-14(5-11(10)2)22-18(24)13(9-21)6-12-7-15(19)17(23)16(20)8-12/h3-8,23H,1-2H3,(H,22,24)/b13-6+. The first-order chi connectivity index (χ1) is 11.3. The predicted molar refractivity (Wildman–Crippen MR) is 102 cm³/mol. The van der Waals surface area contributed by atoms with Crippen LogP contribution in [0.25, 0.3) is 6.08 Å². The van der Waals surface area contributed by atoms with Crippen molar-refractivity contribution in [2.24, 2.45) is 0 Å². The minimum absolute atomic E-state index is 0.0299. The molecule has 0 fully saturated rings. The summed E-state index contributed by atoms with van der Waals surface area (Å²) in [5.41, 5.74) is 3.40. The zero-order chi connectivity index (χ0) is 17.9. The molecule has 0 aliphatic heterocycles. The SMILES string of the molecule is Cc1ccc(NC(=O)/C(C#N)=C/c2cc(Br)c(O)c(Br)c2)cc1C. The van der Waals surface area contributed by atoms with Crippen molar-refractivity contribution in [2.75, 3.05) is 5.32 Å². The fourth-order valence-corrected chi connectivity index (χ4v) is 3.22. The topological polar surface area (TPSA) is 73.1 Å². The summed E-state index contributed by atoms with van der Waals surface area (Å²) in [6, 6.07) is 10.7. The molecule has 0 aliphatic rings. The molecule has 2 aromatic rings. The molecule has 0 spiro atoms. The number of nitrogens with zero attached hydrogens (tertiary/aromatic N) is 1. The number of amides is 1. The van der Waals surface area contributed by atoms with Crippen molar-refractivity contribution in [3.8, 4) is 11.8 Å². The number of phenolic OH excluding ortho intramolecular Hbond substituents is 1. The highest BCUT2D eigenvalue weighted by atomic mass is 79.9. The first-order valence-electron chi connectivity index (χ1n) is 7.00. The molecule has 2 rings (SSSR count). The predicted octanol–water partition coefficient (Wildman–Crippen LogP) is 5.08. The van der Waals surface area contributed by atoms with E-state index in [0.717, 1.165) is 11.1 Å². The summed E-state index contributed by atoms with van der Waals surface area (Å²) in [4.78, 5) is 12.3. The molecule has 2 N–H and O–H groups in total. The smallest absolute Gasteiger partial charge is 0.266 e. The van der Waals surface area contributed by atoms with E-state index in [1.807, 2.05) is 32.0 Å². The maximum absolute atomic E-state index is 12.3. The van der Waals surface area contributed by atoms with Crippen LogP contribution >= 0.6 is 31.9 Å². The Balaban J connectivity index is 2.29. The van der Waals surface area contributed by atoms with Gasteiger partial charge in [0.25, 0.3) is 5.91 Å². The van der Waals surface area contributed by atoms with Crippen molar-refractivity contribution < 1.29 is 9.90 Å². The molecule has 0 aliphatic carbocycles. The number of aromatic hydroxyl groups is 1. The van der Waals surface area contributed by atoms with E-state index >= 15 is 0 Å². The summed E-state index contributed by atoms with van der Waals surface area (Å²) in [6.07, 6.45) is 1.46. The molecule has 24 heavy (non-hydrogen) atoms. The number of hydrogen-bond acceptors (Lipinski definition) is 3. The lowest BCUT2D eigenvalue weighted by Gasteiger charge is -2.07. The Kier molecular flexibility index (Phi) is 5.81. The lowest BCUT2D eigenvalue weighted by Crippen LogP contribution is -2.13. The van der Waals surface area contributed by atoms with Gasteiger partial charge in [-0.15, -0.1) is 0 Å². The van der Waals surface area contributed by atoms with Crippen LogP contribution in [0.1, 0.15) is 16.7 Å². The van der Waals surface area contributed by atoms with Crippen molar-refractivity contribution in [3.63, 3.8) is 0 Å². The number of carbonyl (C=O) groups is 1. The number of rotatable bonds is 3. The Morgan fingerprint density at radius 1 is 1.17 bits per heavy atom. The van der Waals surface area contributed by atoms with Crippen LogP contribution in [0.3, 0.4) is 0 Å². The molecule has 4 nitrogen and oxygen atoms in total. The highest BCUT2D eigenvalue weighted by molar-refractivity contribution is 9.11. The molecular formula is C18H14Br2N2O2. The van der Waals surface area contributed by atoms with Crippen molar-refractivity contribution >= 4 is 49.5 Å². The van der Waals surface area contributed by atoms with E-state index in [4.69, 9.17) is 0 Å².